The Morgan fingerprint density at radius 3 is 2.69 bits per heavy atom. The molecule has 2 aromatic rings. The molecule has 0 aliphatic heterocycles. The van der Waals surface area contributed by atoms with Crippen LogP contribution in [0.5, 0.6) is 0 Å². The molecule has 1 aromatic heterocycles. The summed E-state index contributed by atoms with van der Waals surface area (Å²) in [5.41, 5.74) is -1.17. The molecular formula is C11H9BrFNOS. The van der Waals surface area contributed by atoms with Crippen molar-refractivity contribution in [1.29, 1.82) is 0 Å². The molecule has 1 N–H and O–H groups in total. The first-order chi connectivity index (χ1) is 7.51. The number of aliphatic hydroxyl groups is 1. The van der Waals surface area contributed by atoms with Crippen LogP contribution in [-0.2, 0) is 5.60 Å². The van der Waals surface area contributed by atoms with Crippen LogP contribution < -0.4 is 0 Å². The molecule has 2 nitrogen and oxygen atoms in total. The summed E-state index contributed by atoms with van der Waals surface area (Å²) in [6.45, 7) is 1.54. The lowest BCUT2D eigenvalue weighted by molar-refractivity contribution is 0.0975. The molecule has 0 aliphatic rings. The van der Waals surface area contributed by atoms with E-state index in [2.05, 4.69) is 20.9 Å². The number of benzene rings is 1. The highest BCUT2D eigenvalue weighted by Gasteiger charge is 2.31. The van der Waals surface area contributed by atoms with Crippen molar-refractivity contribution in [2.75, 3.05) is 0 Å². The summed E-state index contributed by atoms with van der Waals surface area (Å²) >= 11 is 4.50. The predicted octanol–water partition coefficient (Wildman–Crippen LogP) is 3.30. The highest BCUT2D eigenvalue weighted by atomic mass is 79.9. The topological polar surface area (TPSA) is 33.1 Å². The highest BCUT2D eigenvalue weighted by Crippen LogP contribution is 2.33. The lowest BCUT2D eigenvalue weighted by Gasteiger charge is -2.21. The molecular weight excluding hydrogens is 293 g/mol. The van der Waals surface area contributed by atoms with Crippen molar-refractivity contribution < 1.29 is 9.50 Å². The summed E-state index contributed by atoms with van der Waals surface area (Å²) in [6.07, 6.45) is 0. The molecule has 0 fully saturated rings. The molecule has 0 amide bonds. The van der Waals surface area contributed by atoms with E-state index in [0.29, 0.717) is 9.61 Å². The van der Waals surface area contributed by atoms with Crippen LogP contribution in [0.2, 0.25) is 0 Å². The second-order valence-corrected chi connectivity index (χ2v) is 5.20. The normalized spacial score (nSPS) is 14.8. The first-order valence-electron chi connectivity index (χ1n) is 4.60. The Morgan fingerprint density at radius 2 is 2.12 bits per heavy atom. The van der Waals surface area contributed by atoms with Crippen molar-refractivity contribution in [3.8, 4) is 0 Å². The van der Waals surface area contributed by atoms with Crippen LogP contribution in [0.1, 0.15) is 17.5 Å². The zero-order valence-corrected chi connectivity index (χ0v) is 10.8. The molecule has 1 atom stereocenters. The molecule has 1 aromatic carbocycles. The number of thiazole rings is 1. The third-order valence-electron chi connectivity index (χ3n) is 2.29. The third-order valence-corrected chi connectivity index (χ3v) is 4.05. The van der Waals surface area contributed by atoms with E-state index in [1.165, 1.54) is 24.3 Å². The summed E-state index contributed by atoms with van der Waals surface area (Å²) in [6, 6.07) is 6.17. The molecule has 5 heteroatoms. The Labute approximate surface area is 105 Å². The molecule has 16 heavy (non-hydrogen) atoms. The number of rotatable bonds is 2. The van der Waals surface area contributed by atoms with Crippen LogP contribution in [0.4, 0.5) is 4.39 Å². The number of nitrogens with zero attached hydrogens (tertiary/aromatic N) is 1. The van der Waals surface area contributed by atoms with E-state index in [-0.39, 0.29) is 5.56 Å². The van der Waals surface area contributed by atoms with Gasteiger partial charge in [0.1, 0.15) is 21.0 Å². The van der Waals surface area contributed by atoms with Gasteiger partial charge in [-0.1, -0.05) is 18.2 Å². The Morgan fingerprint density at radius 1 is 1.44 bits per heavy atom. The van der Waals surface area contributed by atoms with Crippen LogP contribution in [0.3, 0.4) is 0 Å². The minimum Gasteiger partial charge on any atom is -0.378 e. The molecule has 0 aliphatic carbocycles. The van der Waals surface area contributed by atoms with Gasteiger partial charge in [0.15, 0.2) is 0 Å². The SMILES string of the molecule is CC(O)(c1nc(Br)cs1)c1ccccc1F. The Kier molecular flexibility index (Phi) is 3.10. The standard InChI is InChI=1S/C11H9BrFNOS/c1-11(15,10-14-9(12)6-16-10)7-4-2-3-5-8(7)13/h2-6,15H,1H3. The average molecular weight is 302 g/mol. The lowest BCUT2D eigenvalue weighted by atomic mass is 9.96. The minimum absolute atomic E-state index is 0.233. The van der Waals surface area contributed by atoms with Gasteiger partial charge in [0.25, 0.3) is 0 Å². The van der Waals surface area contributed by atoms with Gasteiger partial charge in [0.05, 0.1) is 0 Å². The Bertz CT molecular complexity index is 512. The monoisotopic (exact) mass is 301 g/mol. The summed E-state index contributed by atoms with van der Waals surface area (Å²) < 4.78 is 14.2. The van der Waals surface area contributed by atoms with Gasteiger partial charge in [-0.2, -0.15) is 0 Å². The molecule has 84 valence electrons. The maximum Gasteiger partial charge on any atom is 0.141 e. The van der Waals surface area contributed by atoms with Crippen LogP contribution in [0.15, 0.2) is 34.2 Å². The van der Waals surface area contributed by atoms with Crippen molar-refractivity contribution in [2.45, 2.75) is 12.5 Å². The second-order valence-electron chi connectivity index (χ2n) is 3.53. The zero-order valence-electron chi connectivity index (χ0n) is 8.45. The molecule has 1 unspecified atom stereocenters. The van der Waals surface area contributed by atoms with Crippen molar-refractivity contribution in [3.05, 3.63) is 50.6 Å². The lowest BCUT2D eigenvalue weighted by Crippen LogP contribution is -2.24. The Balaban J connectivity index is 2.50. The zero-order chi connectivity index (χ0) is 11.8. The fourth-order valence-electron chi connectivity index (χ4n) is 1.45. The first kappa shape index (κ1) is 11.7. The van der Waals surface area contributed by atoms with Crippen molar-refractivity contribution >= 4 is 27.3 Å². The van der Waals surface area contributed by atoms with Gasteiger partial charge in [0, 0.05) is 10.9 Å². The quantitative estimate of drug-likeness (QED) is 0.923. The fraction of sp³-hybridized carbons (Fsp3) is 0.182. The van der Waals surface area contributed by atoms with Gasteiger partial charge in [-0.15, -0.1) is 11.3 Å². The van der Waals surface area contributed by atoms with E-state index in [9.17, 15) is 9.50 Å². The fourth-order valence-corrected chi connectivity index (χ4v) is 2.78. The van der Waals surface area contributed by atoms with Gasteiger partial charge < -0.3 is 5.11 Å². The average Bonchev–Trinajstić information content (AvgIpc) is 2.66. The molecule has 1 heterocycles. The highest BCUT2D eigenvalue weighted by molar-refractivity contribution is 9.10. The van der Waals surface area contributed by atoms with Gasteiger partial charge in [-0.3, -0.25) is 0 Å². The Hall–Kier alpha value is -0.780. The third kappa shape index (κ3) is 2.03. The summed E-state index contributed by atoms with van der Waals surface area (Å²) in [5, 5.41) is 12.6. The van der Waals surface area contributed by atoms with Crippen molar-refractivity contribution in [2.24, 2.45) is 0 Å². The van der Waals surface area contributed by atoms with Gasteiger partial charge in [-0.05, 0) is 28.9 Å². The van der Waals surface area contributed by atoms with E-state index in [1.54, 1.807) is 23.6 Å². The van der Waals surface area contributed by atoms with E-state index >= 15 is 0 Å². The molecule has 0 bridgehead atoms. The van der Waals surface area contributed by atoms with Crippen LogP contribution >= 0.6 is 27.3 Å². The number of halogens is 2. The van der Waals surface area contributed by atoms with Gasteiger partial charge in [0.2, 0.25) is 0 Å². The molecule has 0 radical (unpaired) electrons. The molecule has 2 rings (SSSR count). The number of aromatic nitrogens is 1. The van der Waals surface area contributed by atoms with E-state index in [4.69, 9.17) is 0 Å². The van der Waals surface area contributed by atoms with Crippen molar-refractivity contribution in [1.82, 2.24) is 4.98 Å². The first-order valence-corrected chi connectivity index (χ1v) is 6.28. The molecule has 0 spiro atoms. The maximum absolute atomic E-state index is 13.6. The predicted molar refractivity (Wildman–Crippen MR) is 64.9 cm³/mol. The van der Waals surface area contributed by atoms with Gasteiger partial charge >= 0.3 is 0 Å². The summed E-state index contributed by atoms with van der Waals surface area (Å²) in [5.74, 6) is -0.432. The van der Waals surface area contributed by atoms with Crippen LogP contribution in [0.25, 0.3) is 0 Å². The van der Waals surface area contributed by atoms with E-state index in [1.807, 2.05) is 0 Å². The second kappa shape index (κ2) is 4.24. The largest absolute Gasteiger partial charge is 0.378 e. The van der Waals surface area contributed by atoms with E-state index in [0.717, 1.165) is 0 Å². The van der Waals surface area contributed by atoms with Gasteiger partial charge in [-0.25, -0.2) is 9.37 Å². The molecule has 0 saturated heterocycles. The number of hydrogen-bond acceptors (Lipinski definition) is 3. The van der Waals surface area contributed by atoms with Crippen LogP contribution in [-0.4, -0.2) is 10.1 Å². The summed E-state index contributed by atoms with van der Waals surface area (Å²) in [4.78, 5) is 4.12. The minimum atomic E-state index is -1.40. The number of hydrogen-bond donors (Lipinski definition) is 1. The van der Waals surface area contributed by atoms with E-state index < -0.39 is 11.4 Å². The molecule has 0 saturated carbocycles. The smallest absolute Gasteiger partial charge is 0.141 e. The van der Waals surface area contributed by atoms with Crippen molar-refractivity contribution in [3.63, 3.8) is 0 Å². The van der Waals surface area contributed by atoms with Crippen LogP contribution in [0, 0.1) is 5.82 Å². The summed E-state index contributed by atoms with van der Waals surface area (Å²) in [7, 11) is 0. The maximum atomic E-state index is 13.6.